The lowest BCUT2D eigenvalue weighted by atomic mass is 9.66. The van der Waals surface area contributed by atoms with Crippen molar-refractivity contribution < 1.29 is 38.0 Å². The van der Waals surface area contributed by atoms with E-state index in [2.05, 4.69) is 0 Å². The molecule has 0 amide bonds. The van der Waals surface area contributed by atoms with E-state index in [-0.39, 0.29) is 13.2 Å². The highest BCUT2D eigenvalue weighted by Crippen LogP contribution is 2.49. The highest BCUT2D eigenvalue weighted by atomic mass is 16.5. The van der Waals surface area contributed by atoms with E-state index in [4.69, 9.17) is 28.4 Å². The van der Waals surface area contributed by atoms with Crippen molar-refractivity contribution >= 4 is 11.9 Å². The van der Waals surface area contributed by atoms with Gasteiger partial charge in [-0.25, -0.2) is 0 Å². The van der Waals surface area contributed by atoms with E-state index in [0.29, 0.717) is 29.4 Å². The van der Waals surface area contributed by atoms with Crippen molar-refractivity contribution in [3.8, 4) is 23.0 Å². The van der Waals surface area contributed by atoms with E-state index < -0.39 is 29.7 Å². The van der Waals surface area contributed by atoms with Crippen LogP contribution in [-0.2, 0) is 25.5 Å². The van der Waals surface area contributed by atoms with Gasteiger partial charge < -0.3 is 28.4 Å². The quantitative estimate of drug-likeness (QED) is 0.510. The van der Waals surface area contributed by atoms with Crippen molar-refractivity contribution in [2.24, 2.45) is 11.8 Å². The van der Waals surface area contributed by atoms with Gasteiger partial charge in [-0.3, -0.25) is 9.59 Å². The molecule has 0 N–H and O–H groups in total. The summed E-state index contributed by atoms with van der Waals surface area (Å²) in [6, 6.07) is 9.19. The van der Waals surface area contributed by atoms with Crippen molar-refractivity contribution in [3.05, 3.63) is 47.0 Å². The number of fused-ring (bicyclic) bond motifs is 1. The zero-order valence-electron chi connectivity index (χ0n) is 20.5. The lowest BCUT2D eigenvalue weighted by Gasteiger charge is -2.37. The minimum absolute atomic E-state index is 0.197. The van der Waals surface area contributed by atoms with E-state index >= 15 is 0 Å². The molecule has 2 aromatic rings. The number of rotatable bonds is 9. The molecular formula is C26H32O8. The van der Waals surface area contributed by atoms with Crippen molar-refractivity contribution in [2.75, 3.05) is 41.7 Å². The second-order valence-corrected chi connectivity index (χ2v) is 7.84. The molecule has 3 rings (SSSR count). The lowest BCUT2D eigenvalue weighted by Crippen LogP contribution is -2.41. The number of esters is 2. The van der Waals surface area contributed by atoms with Crippen molar-refractivity contribution in [1.82, 2.24) is 0 Å². The molecule has 0 saturated heterocycles. The van der Waals surface area contributed by atoms with Gasteiger partial charge in [-0.1, -0.05) is 6.07 Å². The largest absolute Gasteiger partial charge is 0.493 e. The molecule has 34 heavy (non-hydrogen) atoms. The van der Waals surface area contributed by atoms with Gasteiger partial charge in [-0.05, 0) is 61.2 Å². The number of carbonyl (C=O) groups is 2. The number of ether oxygens (including phenoxy) is 6. The van der Waals surface area contributed by atoms with Crippen LogP contribution in [0.3, 0.4) is 0 Å². The zero-order chi connectivity index (χ0) is 24.8. The Morgan fingerprint density at radius 1 is 0.765 bits per heavy atom. The molecule has 184 valence electrons. The van der Waals surface area contributed by atoms with Crippen molar-refractivity contribution in [3.63, 3.8) is 0 Å². The molecule has 8 nitrogen and oxygen atoms in total. The highest BCUT2D eigenvalue weighted by Gasteiger charge is 2.47. The lowest BCUT2D eigenvalue weighted by molar-refractivity contribution is -0.161. The Morgan fingerprint density at radius 2 is 1.32 bits per heavy atom. The number of benzene rings is 2. The van der Waals surface area contributed by atoms with Crippen LogP contribution in [0.2, 0.25) is 0 Å². The normalized spacial score (nSPS) is 18.9. The molecule has 2 aromatic carbocycles. The fraction of sp³-hybridized carbons (Fsp3) is 0.462. The average molecular weight is 473 g/mol. The van der Waals surface area contributed by atoms with Crippen molar-refractivity contribution in [2.45, 2.75) is 26.2 Å². The molecule has 8 heteroatoms. The van der Waals surface area contributed by atoms with Gasteiger partial charge in [0, 0.05) is 5.92 Å². The first kappa shape index (κ1) is 25.2. The first-order valence-electron chi connectivity index (χ1n) is 11.2. The first-order chi connectivity index (χ1) is 16.4. The summed E-state index contributed by atoms with van der Waals surface area (Å²) in [7, 11) is 6.23. The molecule has 1 aliphatic rings. The van der Waals surface area contributed by atoms with Crippen LogP contribution in [0.4, 0.5) is 0 Å². The van der Waals surface area contributed by atoms with Gasteiger partial charge >= 0.3 is 11.9 Å². The Kier molecular flexibility index (Phi) is 8.26. The Hall–Kier alpha value is -3.42. The molecule has 0 bridgehead atoms. The van der Waals surface area contributed by atoms with Gasteiger partial charge in [-0.2, -0.15) is 0 Å². The molecule has 1 aliphatic carbocycles. The summed E-state index contributed by atoms with van der Waals surface area (Å²) in [5.41, 5.74) is 2.50. The number of hydrogen-bond donors (Lipinski definition) is 0. The number of hydrogen-bond acceptors (Lipinski definition) is 8. The van der Waals surface area contributed by atoms with Gasteiger partial charge in [0.15, 0.2) is 23.0 Å². The molecule has 0 radical (unpaired) electrons. The molecule has 0 aliphatic heterocycles. The predicted octanol–water partition coefficient (Wildman–Crippen LogP) is 3.77. The SMILES string of the molecule is CCOC(=O)[C@H]1[C@H](c2ccc(OC)c(OC)c2)c2cc(OC)c(OC)cc2C[C@@H]1C(=O)OCC. The average Bonchev–Trinajstić information content (AvgIpc) is 2.86. The fourth-order valence-corrected chi connectivity index (χ4v) is 4.64. The van der Waals surface area contributed by atoms with E-state index in [0.717, 1.165) is 16.7 Å². The van der Waals surface area contributed by atoms with Crippen LogP contribution in [0.5, 0.6) is 23.0 Å². The molecule has 0 saturated carbocycles. The molecule has 0 fully saturated rings. The van der Waals surface area contributed by atoms with Crippen molar-refractivity contribution in [1.29, 1.82) is 0 Å². The summed E-state index contributed by atoms with van der Waals surface area (Å²) in [5, 5.41) is 0. The summed E-state index contributed by atoms with van der Waals surface area (Å²) in [6.07, 6.45) is 0.307. The Balaban J connectivity index is 2.29. The summed E-state index contributed by atoms with van der Waals surface area (Å²) in [6.45, 7) is 3.90. The fourth-order valence-electron chi connectivity index (χ4n) is 4.64. The van der Waals surface area contributed by atoms with Crippen LogP contribution in [0.15, 0.2) is 30.3 Å². The zero-order valence-corrected chi connectivity index (χ0v) is 20.5. The topological polar surface area (TPSA) is 89.5 Å². The summed E-state index contributed by atoms with van der Waals surface area (Å²) >= 11 is 0. The third-order valence-corrected chi connectivity index (χ3v) is 6.13. The van der Waals surface area contributed by atoms with Gasteiger partial charge in [-0.15, -0.1) is 0 Å². The maximum absolute atomic E-state index is 13.3. The van der Waals surface area contributed by atoms with Crippen LogP contribution < -0.4 is 18.9 Å². The molecular weight excluding hydrogens is 440 g/mol. The standard InChI is InChI=1S/C26H32O8/c1-7-33-25(27)18-11-16-13-21(31-5)22(32-6)14-17(16)23(24(18)26(28)34-8-2)15-9-10-19(29-3)20(12-15)30-4/h9-10,12-14,18,23-24H,7-8,11H2,1-6H3/t18-,23+,24+/m0/s1. The third kappa shape index (κ3) is 4.76. The molecule has 0 spiro atoms. The second kappa shape index (κ2) is 11.1. The van der Waals surface area contributed by atoms with E-state index in [9.17, 15) is 9.59 Å². The van der Waals surface area contributed by atoms with E-state index in [1.165, 1.54) is 0 Å². The highest BCUT2D eigenvalue weighted by molar-refractivity contribution is 5.85. The Bertz CT molecular complexity index is 1030. The minimum Gasteiger partial charge on any atom is -0.493 e. The predicted molar refractivity (Wildman–Crippen MR) is 125 cm³/mol. The third-order valence-electron chi connectivity index (χ3n) is 6.13. The van der Waals surface area contributed by atoms with Crippen LogP contribution in [-0.4, -0.2) is 53.6 Å². The van der Waals surface area contributed by atoms with E-state index in [1.807, 2.05) is 24.3 Å². The molecule has 0 aromatic heterocycles. The maximum atomic E-state index is 13.3. The summed E-state index contributed by atoms with van der Waals surface area (Å²) in [5.74, 6) is -0.796. The van der Waals surface area contributed by atoms with Gasteiger partial charge in [0.05, 0.1) is 53.5 Å². The second-order valence-electron chi connectivity index (χ2n) is 7.84. The molecule has 0 heterocycles. The van der Waals surface area contributed by atoms with Gasteiger partial charge in [0.1, 0.15) is 0 Å². The number of carbonyl (C=O) groups excluding carboxylic acids is 2. The van der Waals surface area contributed by atoms with Gasteiger partial charge in [0.2, 0.25) is 0 Å². The summed E-state index contributed by atoms with van der Waals surface area (Å²) < 4.78 is 32.8. The Morgan fingerprint density at radius 3 is 1.91 bits per heavy atom. The molecule has 0 unspecified atom stereocenters. The first-order valence-corrected chi connectivity index (χ1v) is 11.2. The van der Waals surface area contributed by atoms with Crippen LogP contribution in [0.1, 0.15) is 36.5 Å². The number of methoxy groups -OCH3 is 4. The minimum atomic E-state index is -0.803. The van der Waals surface area contributed by atoms with Crippen LogP contribution in [0.25, 0.3) is 0 Å². The van der Waals surface area contributed by atoms with Crippen LogP contribution in [0, 0.1) is 11.8 Å². The van der Waals surface area contributed by atoms with Gasteiger partial charge in [0.25, 0.3) is 0 Å². The summed E-state index contributed by atoms with van der Waals surface area (Å²) in [4.78, 5) is 26.4. The monoisotopic (exact) mass is 472 g/mol. The maximum Gasteiger partial charge on any atom is 0.310 e. The van der Waals surface area contributed by atoms with E-state index in [1.54, 1.807) is 48.4 Å². The Labute approximate surface area is 200 Å². The van der Waals surface area contributed by atoms with Crippen LogP contribution >= 0.6 is 0 Å². The smallest absolute Gasteiger partial charge is 0.310 e. The molecule has 3 atom stereocenters.